The second kappa shape index (κ2) is 12.7. The summed E-state index contributed by atoms with van der Waals surface area (Å²) in [6.45, 7) is 0. The molecule has 0 saturated heterocycles. The van der Waals surface area contributed by atoms with Crippen LogP contribution in [0.3, 0.4) is 0 Å². The third-order valence-corrected chi connectivity index (χ3v) is 6.47. The highest BCUT2D eigenvalue weighted by Crippen LogP contribution is 2.35. The standard InChI is InChI=1S/C27H27FN2O7S/c1-34-21-15-24(36-3)22(25(16-21)37-4)13-14-38(32,33)17-20-10-11-23(35-2)27(29-20)30-26(31)12-7-18-5-8-19(28)9-6-18/h5-16H,17H2,1-4H3,(H,29,30,31). The van der Waals surface area contributed by atoms with Gasteiger partial charge in [-0.05, 0) is 42.0 Å². The lowest BCUT2D eigenvalue weighted by Gasteiger charge is -2.12. The predicted octanol–water partition coefficient (Wildman–Crippen LogP) is 4.49. The number of benzene rings is 2. The molecule has 0 unspecified atom stereocenters. The monoisotopic (exact) mass is 542 g/mol. The van der Waals surface area contributed by atoms with E-state index in [1.165, 1.54) is 83.1 Å². The molecule has 0 saturated carbocycles. The molecule has 2 aromatic carbocycles. The number of carbonyl (C=O) groups excluding carboxylic acids is 1. The zero-order valence-electron chi connectivity index (χ0n) is 21.2. The molecule has 38 heavy (non-hydrogen) atoms. The number of ether oxygens (including phenoxy) is 4. The number of halogens is 1. The van der Waals surface area contributed by atoms with E-state index in [1.807, 2.05) is 0 Å². The molecule has 0 atom stereocenters. The van der Waals surface area contributed by atoms with E-state index in [0.717, 1.165) is 5.41 Å². The number of hydrogen-bond donors (Lipinski definition) is 1. The molecule has 0 aliphatic rings. The van der Waals surface area contributed by atoms with Crippen LogP contribution in [-0.2, 0) is 20.4 Å². The summed E-state index contributed by atoms with van der Waals surface area (Å²) in [5.74, 6) is 0.173. The lowest BCUT2D eigenvalue weighted by molar-refractivity contribution is -0.111. The smallest absolute Gasteiger partial charge is 0.249 e. The number of methoxy groups -OCH3 is 4. The van der Waals surface area contributed by atoms with Crippen LogP contribution in [0.25, 0.3) is 12.2 Å². The van der Waals surface area contributed by atoms with E-state index in [4.69, 9.17) is 18.9 Å². The molecule has 1 aromatic heterocycles. The van der Waals surface area contributed by atoms with Crippen LogP contribution in [0, 0.1) is 5.82 Å². The van der Waals surface area contributed by atoms with Gasteiger partial charge >= 0.3 is 0 Å². The Kier molecular flexibility index (Phi) is 9.44. The van der Waals surface area contributed by atoms with E-state index in [9.17, 15) is 17.6 Å². The normalized spacial score (nSPS) is 11.5. The van der Waals surface area contributed by atoms with Crippen LogP contribution in [0.1, 0.15) is 16.8 Å². The maximum atomic E-state index is 13.1. The summed E-state index contributed by atoms with van der Waals surface area (Å²) in [7, 11) is 2.00. The van der Waals surface area contributed by atoms with Gasteiger partial charge in [-0.2, -0.15) is 0 Å². The fourth-order valence-electron chi connectivity index (χ4n) is 3.35. The number of amides is 1. The lowest BCUT2D eigenvalue weighted by Crippen LogP contribution is -2.12. The molecule has 0 bridgehead atoms. The number of rotatable bonds is 11. The summed E-state index contributed by atoms with van der Waals surface area (Å²) in [4.78, 5) is 16.7. The number of nitrogens with zero attached hydrogens (tertiary/aromatic N) is 1. The molecule has 1 amide bonds. The van der Waals surface area contributed by atoms with Crippen molar-refractivity contribution in [1.82, 2.24) is 4.98 Å². The molecule has 0 radical (unpaired) electrons. The molecular formula is C27H27FN2O7S. The van der Waals surface area contributed by atoms with Crippen molar-refractivity contribution in [1.29, 1.82) is 0 Å². The van der Waals surface area contributed by atoms with Gasteiger partial charge in [0, 0.05) is 23.6 Å². The molecule has 0 spiro atoms. The summed E-state index contributed by atoms with van der Waals surface area (Å²) in [5.41, 5.74) is 1.23. The van der Waals surface area contributed by atoms with Crippen molar-refractivity contribution < 1.29 is 36.6 Å². The van der Waals surface area contributed by atoms with E-state index in [1.54, 1.807) is 12.1 Å². The Labute approximate surface area is 220 Å². The first-order chi connectivity index (χ1) is 18.2. The average molecular weight is 543 g/mol. The highest BCUT2D eigenvalue weighted by atomic mass is 32.2. The highest BCUT2D eigenvalue weighted by molar-refractivity contribution is 7.93. The number of hydrogen-bond acceptors (Lipinski definition) is 8. The Balaban J connectivity index is 1.79. The molecular weight excluding hydrogens is 515 g/mol. The molecule has 0 fully saturated rings. The zero-order valence-corrected chi connectivity index (χ0v) is 22.0. The lowest BCUT2D eigenvalue weighted by atomic mass is 10.1. The second-order valence-electron chi connectivity index (χ2n) is 7.78. The third-order valence-electron chi connectivity index (χ3n) is 5.22. The Morgan fingerprint density at radius 1 is 0.895 bits per heavy atom. The van der Waals surface area contributed by atoms with Gasteiger partial charge in [-0.15, -0.1) is 0 Å². The van der Waals surface area contributed by atoms with E-state index in [2.05, 4.69) is 10.3 Å². The van der Waals surface area contributed by atoms with Crippen molar-refractivity contribution in [2.75, 3.05) is 33.8 Å². The van der Waals surface area contributed by atoms with Crippen molar-refractivity contribution in [3.05, 3.63) is 82.7 Å². The van der Waals surface area contributed by atoms with Gasteiger partial charge < -0.3 is 24.3 Å². The second-order valence-corrected chi connectivity index (χ2v) is 9.67. The fourth-order valence-corrected chi connectivity index (χ4v) is 4.36. The van der Waals surface area contributed by atoms with Gasteiger partial charge in [0.25, 0.3) is 0 Å². The van der Waals surface area contributed by atoms with Gasteiger partial charge in [0.15, 0.2) is 21.4 Å². The minimum absolute atomic E-state index is 0.0522. The summed E-state index contributed by atoms with van der Waals surface area (Å²) in [6.07, 6.45) is 4.12. The molecule has 0 aliphatic heterocycles. The first-order valence-corrected chi connectivity index (χ1v) is 12.9. The molecule has 1 N–H and O–H groups in total. The van der Waals surface area contributed by atoms with Crippen LogP contribution in [0.4, 0.5) is 10.2 Å². The maximum absolute atomic E-state index is 13.1. The van der Waals surface area contributed by atoms with Gasteiger partial charge in [-0.25, -0.2) is 17.8 Å². The maximum Gasteiger partial charge on any atom is 0.249 e. The number of carbonyl (C=O) groups is 1. The number of aromatic nitrogens is 1. The molecule has 200 valence electrons. The quantitative estimate of drug-likeness (QED) is 0.353. The largest absolute Gasteiger partial charge is 0.496 e. The van der Waals surface area contributed by atoms with Crippen LogP contribution >= 0.6 is 0 Å². The van der Waals surface area contributed by atoms with Crippen molar-refractivity contribution in [2.45, 2.75) is 5.75 Å². The molecule has 11 heteroatoms. The minimum atomic E-state index is -3.80. The van der Waals surface area contributed by atoms with Crippen molar-refractivity contribution in [3.63, 3.8) is 0 Å². The molecule has 1 heterocycles. The molecule has 3 aromatic rings. The van der Waals surface area contributed by atoms with E-state index < -0.39 is 21.5 Å². The molecule has 0 aliphatic carbocycles. The van der Waals surface area contributed by atoms with Crippen LogP contribution in [-0.4, -0.2) is 47.7 Å². The van der Waals surface area contributed by atoms with Gasteiger partial charge in [0.1, 0.15) is 23.1 Å². The van der Waals surface area contributed by atoms with Gasteiger partial charge in [-0.1, -0.05) is 12.1 Å². The summed E-state index contributed by atoms with van der Waals surface area (Å²) >= 11 is 0. The summed E-state index contributed by atoms with van der Waals surface area (Å²) in [5, 5.41) is 3.61. The number of pyridine rings is 1. The topological polar surface area (TPSA) is 113 Å². The highest BCUT2D eigenvalue weighted by Gasteiger charge is 2.16. The Hall–Kier alpha value is -4.38. The van der Waals surface area contributed by atoms with Crippen LogP contribution in [0.5, 0.6) is 23.0 Å². The minimum Gasteiger partial charge on any atom is -0.496 e. The Morgan fingerprint density at radius 3 is 2.11 bits per heavy atom. The van der Waals surface area contributed by atoms with Gasteiger partial charge in [0.05, 0.1) is 45.4 Å². The van der Waals surface area contributed by atoms with Crippen molar-refractivity contribution >= 4 is 33.7 Å². The first kappa shape index (κ1) is 28.2. The number of sulfone groups is 1. The number of nitrogens with one attached hydrogen (secondary N) is 1. The van der Waals surface area contributed by atoms with Crippen molar-refractivity contribution in [3.8, 4) is 23.0 Å². The molecule has 3 rings (SSSR count). The SMILES string of the molecule is COc1cc(OC)c(C=CS(=O)(=O)Cc2ccc(OC)c(NC(=O)C=Cc3ccc(F)cc3)n2)c(OC)c1. The fraction of sp³-hybridized carbons (Fsp3) is 0.185. The first-order valence-electron chi connectivity index (χ1n) is 11.2. The van der Waals surface area contributed by atoms with E-state index >= 15 is 0 Å². The molecule has 9 nitrogen and oxygen atoms in total. The third kappa shape index (κ3) is 7.56. The number of anilines is 1. The average Bonchev–Trinajstić information content (AvgIpc) is 2.91. The van der Waals surface area contributed by atoms with Crippen LogP contribution in [0.2, 0.25) is 0 Å². The van der Waals surface area contributed by atoms with Crippen molar-refractivity contribution in [2.24, 2.45) is 0 Å². The summed E-state index contributed by atoms with van der Waals surface area (Å²) in [6, 6.07) is 11.8. The van der Waals surface area contributed by atoms with E-state index in [0.29, 0.717) is 28.4 Å². The summed E-state index contributed by atoms with van der Waals surface area (Å²) < 4.78 is 60.0. The Bertz CT molecular complexity index is 1430. The van der Waals surface area contributed by atoms with E-state index in [-0.39, 0.29) is 23.1 Å². The van der Waals surface area contributed by atoms with Gasteiger partial charge in [-0.3, -0.25) is 4.79 Å². The van der Waals surface area contributed by atoms with Crippen LogP contribution < -0.4 is 24.3 Å². The predicted molar refractivity (Wildman–Crippen MR) is 143 cm³/mol. The van der Waals surface area contributed by atoms with Gasteiger partial charge in [0.2, 0.25) is 5.91 Å². The zero-order chi connectivity index (χ0) is 27.7. The van der Waals surface area contributed by atoms with Crippen LogP contribution in [0.15, 0.2) is 60.0 Å². The Morgan fingerprint density at radius 2 is 1.53 bits per heavy atom.